The van der Waals surface area contributed by atoms with Gasteiger partial charge in [-0.3, -0.25) is 4.79 Å². The summed E-state index contributed by atoms with van der Waals surface area (Å²) in [6.07, 6.45) is -51.0. The third-order valence-electron chi connectivity index (χ3n) is 12.8. The normalized spacial score (nSPS) is 52.6. The van der Waals surface area contributed by atoms with Gasteiger partial charge in [0.1, 0.15) is 128 Å². The lowest BCUT2D eigenvalue weighted by atomic mass is 9.93. The first kappa shape index (κ1) is 55.7. The number of carbonyl (C=O) groups is 1. The van der Waals surface area contributed by atoms with E-state index in [0.29, 0.717) is 0 Å². The summed E-state index contributed by atoms with van der Waals surface area (Å²) in [6.45, 7) is -0.236. The van der Waals surface area contributed by atoms with E-state index in [2.05, 4.69) is 5.32 Å². The standard InChI is InChI=1S/C38H66N2O28/c1-8-17(46)22(51)25(54)35(58-8)65-29-14(7-44)63-34(67-31-20(49)12(5-42)61-37(27(31)56)64-28-13(6-43)60-33(57)15(39)21(28)50)16(40-10(3)45)30(29)66-38-32(24(53)19(48)11(4-41)62-38)68-36-26(55)23(52)18(47)9(2)59-36/h8-9,11-38,41-44,46-57H,4-7,39H2,1-3H3,(H,40,45)/t8-,9-,11+,12+,13+,14+,15+,16+,17+,18+,19-,20-,21+,22+,23+,24-,25-,26-,27+,28+,29+,30+,31-,32+,33?,34-,35-,36-,37-,38-/m0/s1. The monoisotopic (exact) mass is 998 g/mol. The fourth-order valence-electron chi connectivity index (χ4n) is 8.81. The predicted molar refractivity (Wildman–Crippen MR) is 210 cm³/mol. The minimum atomic E-state index is -2.15. The first-order valence-corrected chi connectivity index (χ1v) is 21.9. The molecule has 6 aliphatic rings. The number of rotatable bonds is 15. The Bertz CT molecular complexity index is 1600. The molecule has 30 atom stereocenters. The molecule has 0 aromatic carbocycles. The molecule has 0 bridgehead atoms. The second-order valence-corrected chi connectivity index (χ2v) is 17.5. The highest BCUT2D eigenvalue weighted by molar-refractivity contribution is 5.73. The number of nitrogens with one attached hydrogen (secondary N) is 1. The van der Waals surface area contributed by atoms with Gasteiger partial charge in [0.05, 0.1) is 44.7 Å². The van der Waals surface area contributed by atoms with E-state index in [1.807, 2.05) is 0 Å². The van der Waals surface area contributed by atoms with Crippen LogP contribution in [0.5, 0.6) is 0 Å². The van der Waals surface area contributed by atoms with E-state index < -0.39 is 216 Å². The zero-order valence-electron chi connectivity index (χ0n) is 36.8. The second-order valence-electron chi connectivity index (χ2n) is 17.5. The van der Waals surface area contributed by atoms with Crippen LogP contribution >= 0.6 is 0 Å². The average Bonchev–Trinajstić information content (AvgIpc) is 3.31. The maximum absolute atomic E-state index is 13.1. The SMILES string of the molecule is CC(=O)N[C@H]1[C@H](O[C@H]2[C@@H](O)[C@@H](CO)O[C@@H](O[C@H]3[C@H](O)[C@@H](N)C(O)O[C@@H]3CO)[C@@H]2O)O[C@H](CO)[C@@H](O[C@@H]2O[C@@H](C)[C@@H](O)[C@@H](O)[C@@H]2O)[C@@H]1O[C@@H]1O[C@H](CO)[C@H](O)[C@H](O)[C@H]1O[C@@H]1O[C@@H](C)[C@@H](O)[C@@H](O)[C@@H]1O. The van der Waals surface area contributed by atoms with Gasteiger partial charge < -0.3 is 145 Å². The summed E-state index contributed by atoms with van der Waals surface area (Å²) in [5, 5.41) is 174. The maximum atomic E-state index is 13.1. The van der Waals surface area contributed by atoms with Gasteiger partial charge in [0.25, 0.3) is 0 Å². The molecule has 0 aliphatic carbocycles. The van der Waals surface area contributed by atoms with Gasteiger partial charge in [-0.15, -0.1) is 0 Å². The predicted octanol–water partition coefficient (Wildman–Crippen LogP) is -11.9. The van der Waals surface area contributed by atoms with Crippen molar-refractivity contribution >= 4 is 5.91 Å². The van der Waals surface area contributed by atoms with Crippen molar-refractivity contribution in [3.8, 4) is 0 Å². The molecule has 396 valence electrons. The lowest BCUT2D eigenvalue weighted by Crippen LogP contribution is -2.71. The molecule has 0 aromatic rings. The van der Waals surface area contributed by atoms with Gasteiger partial charge in [-0.2, -0.15) is 0 Å². The van der Waals surface area contributed by atoms with Crippen LogP contribution in [0.25, 0.3) is 0 Å². The molecule has 0 radical (unpaired) electrons. The highest BCUT2D eigenvalue weighted by Gasteiger charge is 2.59. The van der Waals surface area contributed by atoms with Gasteiger partial charge in [0, 0.05) is 6.92 Å². The first-order chi connectivity index (χ1) is 32.1. The maximum Gasteiger partial charge on any atom is 0.217 e. The Hall–Kier alpha value is -1.65. The van der Waals surface area contributed by atoms with Crippen LogP contribution in [0, 0.1) is 0 Å². The van der Waals surface area contributed by atoms with E-state index >= 15 is 0 Å². The molecule has 1 unspecified atom stereocenters. The second kappa shape index (κ2) is 23.5. The van der Waals surface area contributed by atoms with Gasteiger partial charge in [-0.05, 0) is 13.8 Å². The minimum absolute atomic E-state index is 0.854. The summed E-state index contributed by atoms with van der Waals surface area (Å²) in [4.78, 5) is 13.1. The summed E-state index contributed by atoms with van der Waals surface area (Å²) in [7, 11) is 0. The highest BCUT2D eigenvalue weighted by atomic mass is 16.8. The lowest BCUT2D eigenvalue weighted by Gasteiger charge is -2.52. The number of ether oxygens (including phenoxy) is 11. The van der Waals surface area contributed by atoms with E-state index in [1.54, 1.807) is 0 Å². The first-order valence-electron chi connectivity index (χ1n) is 21.9. The van der Waals surface area contributed by atoms with E-state index in [9.17, 15) is 86.5 Å². The Labute approximate surface area is 386 Å². The molecule has 19 N–H and O–H groups in total. The van der Waals surface area contributed by atoms with Gasteiger partial charge >= 0.3 is 0 Å². The van der Waals surface area contributed by atoms with Crippen LogP contribution in [-0.2, 0) is 56.9 Å². The average molecular weight is 999 g/mol. The molecule has 6 heterocycles. The van der Waals surface area contributed by atoms with Crippen LogP contribution in [0.2, 0.25) is 0 Å². The van der Waals surface area contributed by atoms with Crippen molar-refractivity contribution in [3.63, 3.8) is 0 Å². The summed E-state index contributed by atoms with van der Waals surface area (Å²) in [6, 6.07) is -3.34. The zero-order valence-corrected chi connectivity index (χ0v) is 36.8. The van der Waals surface area contributed by atoms with Gasteiger partial charge in [-0.1, -0.05) is 0 Å². The van der Waals surface area contributed by atoms with E-state index in [4.69, 9.17) is 57.8 Å². The van der Waals surface area contributed by atoms with Crippen molar-refractivity contribution in [2.24, 2.45) is 5.73 Å². The minimum Gasteiger partial charge on any atom is -0.394 e. The molecule has 6 saturated heterocycles. The van der Waals surface area contributed by atoms with E-state index in [-0.39, 0.29) is 0 Å². The number of carbonyl (C=O) groups excluding carboxylic acids is 1. The van der Waals surface area contributed by atoms with Gasteiger partial charge in [0.2, 0.25) is 5.91 Å². The number of hydrogen-bond acceptors (Lipinski definition) is 29. The number of amides is 1. The summed E-state index contributed by atoms with van der Waals surface area (Å²) >= 11 is 0. The molecular weight excluding hydrogens is 932 g/mol. The molecule has 0 aromatic heterocycles. The van der Waals surface area contributed by atoms with Crippen molar-refractivity contribution in [3.05, 3.63) is 0 Å². The zero-order chi connectivity index (χ0) is 50.2. The van der Waals surface area contributed by atoms with Crippen LogP contribution in [0.3, 0.4) is 0 Å². The Kier molecular flexibility index (Phi) is 19.2. The fraction of sp³-hybridized carbons (Fsp3) is 0.974. The van der Waals surface area contributed by atoms with Crippen molar-refractivity contribution in [1.29, 1.82) is 0 Å². The largest absolute Gasteiger partial charge is 0.394 e. The Morgan fingerprint density at radius 2 is 0.853 bits per heavy atom. The molecule has 6 aliphatic heterocycles. The number of aliphatic hydroxyl groups is 16. The number of hydrogen-bond donors (Lipinski definition) is 18. The third kappa shape index (κ3) is 11.4. The third-order valence-corrected chi connectivity index (χ3v) is 12.8. The molecule has 0 saturated carbocycles. The molecule has 30 nitrogen and oxygen atoms in total. The number of aliphatic hydroxyl groups excluding tert-OH is 16. The summed E-state index contributed by atoms with van der Waals surface area (Å²) < 4.78 is 64.2. The lowest BCUT2D eigenvalue weighted by molar-refractivity contribution is -0.399. The highest BCUT2D eigenvalue weighted by Crippen LogP contribution is 2.38. The molecule has 30 heteroatoms. The van der Waals surface area contributed by atoms with Crippen LogP contribution in [0.15, 0.2) is 0 Å². The van der Waals surface area contributed by atoms with Crippen LogP contribution in [0.4, 0.5) is 0 Å². The van der Waals surface area contributed by atoms with Gasteiger partial charge in [0.15, 0.2) is 37.7 Å². The fourth-order valence-corrected chi connectivity index (χ4v) is 8.81. The molecule has 6 fully saturated rings. The van der Waals surface area contributed by atoms with E-state index in [0.717, 1.165) is 6.92 Å². The number of nitrogens with two attached hydrogens (primary N) is 1. The Morgan fingerprint density at radius 3 is 1.38 bits per heavy atom. The van der Waals surface area contributed by atoms with Crippen molar-refractivity contribution < 1.29 is 139 Å². The van der Waals surface area contributed by atoms with Crippen LogP contribution in [-0.4, -0.2) is 298 Å². The topological polar surface area (TPSA) is 480 Å². The van der Waals surface area contributed by atoms with Crippen molar-refractivity contribution in [2.75, 3.05) is 26.4 Å². The smallest absolute Gasteiger partial charge is 0.217 e. The Balaban J connectivity index is 1.39. The summed E-state index contributed by atoms with van der Waals surface area (Å²) in [5.74, 6) is -0.883. The molecule has 0 spiro atoms. The van der Waals surface area contributed by atoms with E-state index in [1.165, 1.54) is 13.8 Å². The van der Waals surface area contributed by atoms with Crippen molar-refractivity contribution in [1.82, 2.24) is 5.32 Å². The molecule has 1 amide bonds. The molecular formula is C38H66N2O28. The van der Waals surface area contributed by atoms with Crippen molar-refractivity contribution in [2.45, 2.75) is 205 Å². The Morgan fingerprint density at radius 1 is 0.426 bits per heavy atom. The summed E-state index contributed by atoms with van der Waals surface area (Å²) in [5.41, 5.74) is 5.84. The quantitative estimate of drug-likeness (QED) is 0.0724. The molecule has 6 rings (SSSR count). The van der Waals surface area contributed by atoms with Gasteiger partial charge in [-0.25, -0.2) is 0 Å². The molecule has 68 heavy (non-hydrogen) atoms. The van der Waals surface area contributed by atoms with Crippen LogP contribution in [0.1, 0.15) is 20.8 Å². The van der Waals surface area contributed by atoms with Crippen LogP contribution < -0.4 is 11.1 Å².